The van der Waals surface area contributed by atoms with Crippen molar-refractivity contribution in [1.29, 1.82) is 0 Å². The molecular formula is C12H14CdN4O4+2. The van der Waals surface area contributed by atoms with Gasteiger partial charge in [0.2, 0.25) is 10.6 Å². The Morgan fingerprint density at radius 2 is 0.905 bits per heavy atom. The smallest absolute Gasteiger partial charge is 0.292 e. The van der Waals surface area contributed by atoms with E-state index in [1.54, 1.807) is 60.7 Å². The number of nitrogens with zero attached hydrogens (tertiary/aromatic N) is 4. The first-order valence-corrected chi connectivity index (χ1v) is 5.47. The van der Waals surface area contributed by atoms with Gasteiger partial charge < -0.3 is 10.4 Å². The van der Waals surface area contributed by atoms with Crippen LogP contribution in [0.3, 0.4) is 0 Å². The van der Waals surface area contributed by atoms with Gasteiger partial charge in [0.25, 0.3) is 11.4 Å². The van der Waals surface area contributed by atoms with Crippen molar-refractivity contribution in [3.8, 4) is 0 Å². The molecule has 9 heteroatoms. The van der Waals surface area contributed by atoms with Gasteiger partial charge in [-0.25, -0.2) is 0 Å². The zero-order valence-corrected chi connectivity index (χ0v) is 15.1. The molecule has 0 radical (unpaired) electrons. The number of hydrogen-bond donors (Lipinski definition) is 4. The molecule has 0 unspecified atom stereocenters. The molecule has 4 N–H and O–H groups in total. The van der Waals surface area contributed by atoms with Crippen LogP contribution in [0.15, 0.2) is 71.2 Å². The summed E-state index contributed by atoms with van der Waals surface area (Å²) in [6, 6.07) is 16.9. The van der Waals surface area contributed by atoms with Crippen molar-refractivity contribution in [2.45, 2.75) is 0 Å². The van der Waals surface area contributed by atoms with E-state index in [4.69, 9.17) is 20.8 Å². The van der Waals surface area contributed by atoms with Gasteiger partial charge in [-0.1, -0.05) is 36.4 Å². The maximum absolute atomic E-state index is 8.75. The molecule has 2 rings (SSSR count). The van der Waals surface area contributed by atoms with Crippen LogP contribution >= 0.6 is 0 Å². The van der Waals surface area contributed by atoms with Crippen molar-refractivity contribution in [1.82, 2.24) is 0 Å². The molecule has 0 aliphatic heterocycles. The van der Waals surface area contributed by atoms with Crippen molar-refractivity contribution in [3.05, 3.63) is 60.7 Å². The van der Waals surface area contributed by atoms with Gasteiger partial charge >= 0.3 is 0 Å². The van der Waals surface area contributed by atoms with E-state index in [0.29, 0.717) is 21.1 Å². The SMILES string of the molecule is O/N=[N+](\O)c1ccccc1.O/N=[N+](\O)c1ccccc1.[Cd]. The first kappa shape index (κ1) is 18.8. The summed E-state index contributed by atoms with van der Waals surface area (Å²) in [5.74, 6) is 0. The second kappa shape index (κ2) is 10.5. The predicted molar refractivity (Wildman–Crippen MR) is 64.7 cm³/mol. The number of rotatable bonds is 2. The first-order chi connectivity index (χ1) is 9.69. The third-order valence-electron chi connectivity index (χ3n) is 2.14. The van der Waals surface area contributed by atoms with E-state index < -0.39 is 0 Å². The zero-order chi connectivity index (χ0) is 14.8. The molecular weight excluding hydrogens is 377 g/mol. The minimum Gasteiger partial charge on any atom is -0.359 e. The Balaban J connectivity index is 0.000000364. The van der Waals surface area contributed by atoms with E-state index in [-0.39, 0.29) is 27.3 Å². The van der Waals surface area contributed by atoms with E-state index in [1.165, 1.54) is 0 Å². The molecule has 0 saturated carbocycles. The Morgan fingerprint density at radius 3 is 1.14 bits per heavy atom. The van der Waals surface area contributed by atoms with Gasteiger partial charge in [0, 0.05) is 51.6 Å². The molecule has 21 heavy (non-hydrogen) atoms. The molecule has 2 aromatic rings. The quantitative estimate of drug-likeness (QED) is 0.273. The Bertz CT molecular complexity index is 525. The van der Waals surface area contributed by atoms with Crippen LogP contribution in [0, 0.1) is 0 Å². The van der Waals surface area contributed by atoms with E-state index in [9.17, 15) is 0 Å². The molecule has 0 spiro atoms. The summed E-state index contributed by atoms with van der Waals surface area (Å²) in [6.07, 6.45) is 0. The van der Waals surface area contributed by atoms with Crippen molar-refractivity contribution in [3.63, 3.8) is 0 Å². The fourth-order valence-corrected chi connectivity index (χ4v) is 1.23. The molecule has 106 valence electrons. The largest absolute Gasteiger partial charge is 0.359 e. The maximum atomic E-state index is 8.75. The molecule has 0 aliphatic carbocycles. The molecule has 0 amide bonds. The summed E-state index contributed by atoms with van der Waals surface area (Å²) in [5.41, 5.74) is 0.843. The second-order valence-electron chi connectivity index (χ2n) is 3.43. The van der Waals surface area contributed by atoms with Gasteiger partial charge in [-0.05, 0) is 0 Å². The minimum atomic E-state index is 0. The van der Waals surface area contributed by atoms with Crippen LogP contribution in [0.25, 0.3) is 0 Å². The topological polar surface area (TPSA) is 112 Å². The summed E-state index contributed by atoms with van der Waals surface area (Å²) >= 11 is 0. The number of benzene rings is 2. The van der Waals surface area contributed by atoms with Gasteiger partial charge in [-0.15, -0.1) is 0 Å². The van der Waals surface area contributed by atoms with Gasteiger partial charge in [-0.2, -0.15) is 0 Å². The van der Waals surface area contributed by atoms with E-state index in [0.717, 1.165) is 0 Å². The van der Waals surface area contributed by atoms with Crippen molar-refractivity contribution >= 4 is 11.4 Å². The van der Waals surface area contributed by atoms with Crippen LogP contribution in [0.4, 0.5) is 11.4 Å². The Hall–Kier alpha value is -2.24. The summed E-state index contributed by atoms with van der Waals surface area (Å²) in [5, 5.41) is 38.8. The third kappa shape index (κ3) is 6.65. The summed E-state index contributed by atoms with van der Waals surface area (Å²) in [7, 11) is 0. The minimum absolute atomic E-state index is 0. The van der Waals surface area contributed by atoms with Crippen molar-refractivity contribution in [2.75, 3.05) is 0 Å². The molecule has 0 atom stereocenters. The normalized spacial score (nSPS) is 10.9. The molecule has 0 aromatic heterocycles. The predicted octanol–water partition coefficient (Wildman–Crippen LogP) is 3.12. The Morgan fingerprint density at radius 1 is 0.619 bits per heavy atom. The van der Waals surface area contributed by atoms with Crippen LogP contribution in [0.2, 0.25) is 0 Å². The molecule has 0 fully saturated rings. The summed E-state index contributed by atoms with van der Waals surface area (Å²) in [4.78, 5) is 0.778. The molecule has 0 heterocycles. The monoisotopic (exact) mass is 392 g/mol. The van der Waals surface area contributed by atoms with Crippen LogP contribution in [0.1, 0.15) is 0 Å². The van der Waals surface area contributed by atoms with Crippen LogP contribution in [-0.4, -0.2) is 30.6 Å². The Kier molecular flexibility index (Phi) is 9.41. The number of para-hydroxylation sites is 2. The van der Waals surface area contributed by atoms with E-state index in [1.807, 2.05) is 0 Å². The van der Waals surface area contributed by atoms with Gasteiger partial charge in [0.05, 0.1) is 0 Å². The van der Waals surface area contributed by atoms with Gasteiger partial charge in [0.1, 0.15) is 0 Å². The fraction of sp³-hybridized carbons (Fsp3) is 0. The average Bonchev–Trinajstić information content (AvgIpc) is 2.55. The number of hydrogen-bond acceptors (Lipinski definition) is 2. The molecule has 2 aromatic carbocycles. The summed E-state index contributed by atoms with van der Waals surface area (Å²) < 4.78 is 0. The molecule has 0 saturated heterocycles. The third-order valence-corrected chi connectivity index (χ3v) is 2.14. The van der Waals surface area contributed by atoms with Gasteiger partial charge in [-0.3, -0.25) is 10.4 Å². The molecule has 0 aliphatic rings. The van der Waals surface area contributed by atoms with Crippen molar-refractivity contribution < 1.29 is 57.8 Å². The molecule has 0 bridgehead atoms. The maximum Gasteiger partial charge on any atom is 0.292 e. The van der Waals surface area contributed by atoms with Crippen LogP contribution in [0.5, 0.6) is 0 Å². The Labute approximate surface area is 140 Å². The molecule has 8 nitrogen and oxygen atoms in total. The van der Waals surface area contributed by atoms with E-state index in [2.05, 4.69) is 10.6 Å². The van der Waals surface area contributed by atoms with Gasteiger partial charge in [0.15, 0.2) is 9.72 Å². The standard InChI is InChI=1S/2C6H6N2O2.Cd/c2*9-7-8(10)6-4-2-1-3-5-6;/h2*1-5,10H;/p+2. The fourth-order valence-electron chi connectivity index (χ4n) is 1.23. The second-order valence-corrected chi connectivity index (χ2v) is 3.43. The van der Waals surface area contributed by atoms with Crippen LogP contribution in [-0.2, 0) is 27.3 Å². The average molecular weight is 391 g/mol. The first-order valence-electron chi connectivity index (χ1n) is 5.47. The van der Waals surface area contributed by atoms with E-state index >= 15 is 0 Å². The van der Waals surface area contributed by atoms with Crippen LogP contribution < -0.4 is 0 Å². The summed E-state index contributed by atoms with van der Waals surface area (Å²) in [6.45, 7) is 0. The van der Waals surface area contributed by atoms with Crippen molar-refractivity contribution in [2.24, 2.45) is 10.6 Å². The zero-order valence-electron chi connectivity index (χ0n) is 11.1.